The van der Waals surface area contributed by atoms with Crippen LogP contribution in [0, 0.1) is 0 Å². The van der Waals surface area contributed by atoms with Crippen LogP contribution in [0.4, 0.5) is 9.80 Å². The molecule has 0 radical (unpaired) electrons. The minimum absolute atomic E-state index is 0.0564. The number of thiophene rings is 1. The van der Waals surface area contributed by atoms with Gasteiger partial charge < -0.3 is 9.84 Å². The Labute approximate surface area is 86.5 Å². The maximum atomic E-state index is 11.2. The lowest BCUT2D eigenvalue weighted by Crippen LogP contribution is -2.26. The third kappa shape index (κ3) is 3.26. The average molecular weight is 215 g/mol. The van der Waals surface area contributed by atoms with Crippen LogP contribution in [-0.2, 0) is 4.74 Å². The van der Waals surface area contributed by atoms with Crippen LogP contribution < -0.4 is 5.32 Å². The summed E-state index contributed by atoms with van der Waals surface area (Å²) < 4.78 is 5.01. The topological polar surface area (TPSA) is 58.6 Å². The Morgan fingerprint density at radius 2 is 2.21 bits per heavy atom. The molecule has 0 atom stereocenters. The van der Waals surface area contributed by atoms with Crippen molar-refractivity contribution >= 4 is 22.4 Å². The molecule has 0 unspecified atom stereocenters. The number of nitrogens with one attached hydrogen (secondary N) is 1. The predicted molar refractivity (Wildman–Crippen MR) is 55.8 cm³/mol. The third-order valence-electron chi connectivity index (χ3n) is 1.26. The fourth-order valence-electron chi connectivity index (χ4n) is 0.792. The largest absolute Gasteiger partial charge is 0.505 e. The molecule has 1 heterocycles. The summed E-state index contributed by atoms with van der Waals surface area (Å²) in [6.07, 6.45) is -0.560. The minimum Gasteiger partial charge on any atom is -0.505 e. The molecule has 1 amide bonds. The molecule has 1 rings (SSSR count). The summed E-state index contributed by atoms with van der Waals surface area (Å²) in [5.41, 5.74) is -0.531. The van der Waals surface area contributed by atoms with E-state index in [4.69, 9.17) is 4.74 Å². The standard InChI is InChI=1S/C9H13NO3S/c1-9(2,3)13-8(12)10-7-6(11)4-5-14-7/h4-5,11H,1-3H3,(H,10,12). The quantitative estimate of drug-likeness (QED) is 0.757. The molecule has 0 spiro atoms. The van der Waals surface area contributed by atoms with Gasteiger partial charge >= 0.3 is 6.09 Å². The fourth-order valence-corrected chi connectivity index (χ4v) is 1.46. The molecular formula is C9H13NO3S. The summed E-state index contributed by atoms with van der Waals surface area (Å²) in [6.45, 7) is 5.34. The average Bonchev–Trinajstić information content (AvgIpc) is 2.32. The lowest BCUT2D eigenvalue weighted by atomic mass is 10.2. The van der Waals surface area contributed by atoms with Gasteiger partial charge in [0, 0.05) is 0 Å². The van der Waals surface area contributed by atoms with Crippen molar-refractivity contribution in [3.8, 4) is 5.75 Å². The highest BCUT2D eigenvalue weighted by molar-refractivity contribution is 7.14. The third-order valence-corrected chi connectivity index (χ3v) is 2.08. The number of rotatable bonds is 1. The van der Waals surface area contributed by atoms with Crippen LogP contribution in [0.3, 0.4) is 0 Å². The van der Waals surface area contributed by atoms with Crippen molar-refractivity contribution in [1.29, 1.82) is 0 Å². The maximum Gasteiger partial charge on any atom is 0.412 e. The number of hydrogen-bond donors (Lipinski definition) is 2. The smallest absolute Gasteiger partial charge is 0.412 e. The molecule has 0 aliphatic carbocycles. The first-order valence-corrected chi connectivity index (χ1v) is 5.03. The summed E-state index contributed by atoms with van der Waals surface area (Å²) >= 11 is 1.24. The number of amides is 1. The normalized spacial score (nSPS) is 11.1. The number of anilines is 1. The molecule has 0 bridgehead atoms. The van der Waals surface area contributed by atoms with E-state index in [0.717, 1.165) is 0 Å². The predicted octanol–water partition coefficient (Wildman–Crippen LogP) is 2.80. The first kappa shape index (κ1) is 10.8. The molecule has 2 N–H and O–H groups in total. The Kier molecular flexibility index (Phi) is 3.00. The van der Waals surface area contributed by atoms with Gasteiger partial charge in [-0.25, -0.2) is 4.79 Å². The molecule has 0 saturated carbocycles. The van der Waals surface area contributed by atoms with Gasteiger partial charge in [0.2, 0.25) is 0 Å². The van der Waals surface area contributed by atoms with Crippen LogP contribution in [0.15, 0.2) is 11.4 Å². The van der Waals surface area contributed by atoms with Crippen LogP contribution in [-0.4, -0.2) is 16.8 Å². The van der Waals surface area contributed by atoms with Gasteiger partial charge in [0.05, 0.1) is 0 Å². The van der Waals surface area contributed by atoms with Gasteiger partial charge in [0.25, 0.3) is 0 Å². The molecular weight excluding hydrogens is 202 g/mol. The molecule has 0 aliphatic heterocycles. The van der Waals surface area contributed by atoms with Crippen LogP contribution in [0.25, 0.3) is 0 Å². The summed E-state index contributed by atoms with van der Waals surface area (Å²) in [4.78, 5) is 11.2. The summed E-state index contributed by atoms with van der Waals surface area (Å²) in [5, 5.41) is 13.8. The molecule has 0 saturated heterocycles. The van der Waals surface area contributed by atoms with E-state index < -0.39 is 11.7 Å². The van der Waals surface area contributed by atoms with Gasteiger partial charge in [-0.1, -0.05) is 0 Å². The Morgan fingerprint density at radius 1 is 1.57 bits per heavy atom. The highest BCUT2D eigenvalue weighted by Crippen LogP contribution is 2.29. The summed E-state index contributed by atoms with van der Waals surface area (Å²) in [6, 6.07) is 1.51. The monoisotopic (exact) mass is 215 g/mol. The first-order valence-electron chi connectivity index (χ1n) is 4.15. The highest BCUT2D eigenvalue weighted by Gasteiger charge is 2.17. The Hall–Kier alpha value is -1.23. The first-order chi connectivity index (χ1) is 6.38. The Morgan fingerprint density at radius 3 is 2.64 bits per heavy atom. The second-order valence-corrected chi connectivity index (χ2v) is 4.68. The number of ether oxygens (including phenoxy) is 1. The fraction of sp³-hybridized carbons (Fsp3) is 0.444. The van der Waals surface area contributed by atoms with Gasteiger partial charge in [-0.3, -0.25) is 5.32 Å². The summed E-state index contributed by atoms with van der Waals surface area (Å²) in [5.74, 6) is 0.0564. The molecule has 0 aromatic carbocycles. The number of aromatic hydroxyl groups is 1. The lowest BCUT2D eigenvalue weighted by molar-refractivity contribution is 0.0636. The van der Waals surface area contributed by atoms with Crippen molar-refractivity contribution in [3.63, 3.8) is 0 Å². The molecule has 1 aromatic rings. The van der Waals surface area contributed by atoms with Crippen LogP contribution in [0.1, 0.15) is 20.8 Å². The SMILES string of the molecule is CC(C)(C)OC(=O)Nc1sccc1O. The van der Waals surface area contributed by atoms with E-state index in [2.05, 4.69) is 5.32 Å². The molecule has 14 heavy (non-hydrogen) atoms. The molecule has 1 aromatic heterocycles. The van der Waals surface area contributed by atoms with E-state index in [1.807, 2.05) is 0 Å². The van der Waals surface area contributed by atoms with Crippen LogP contribution in [0.5, 0.6) is 5.75 Å². The van der Waals surface area contributed by atoms with Gasteiger partial charge in [-0.2, -0.15) is 0 Å². The van der Waals surface area contributed by atoms with Crippen molar-refractivity contribution in [2.75, 3.05) is 5.32 Å². The second-order valence-electron chi connectivity index (χ2n) is 3.76. The van der Waals surface area contributed by atoms with Crippen molar-refractivity contribution in [2.45, 2.75) is 26.4 Å². The molecule has 0 aliphatic rings. The molecule has 5 heteroatoms. The van der Waals surface area contributed by atoms with Gasteiger partial charge in [-0.15, -0.1) is 11.3 Å². The highest BCUT2D eigenvalue weighted by atomic mass is 32.1. The van der Waals surface area contributed by atoms with Crippen molar-refractivity contribution in [2.24, 2.45) is 0 Å². The zero-order chi connectivity index (χ0) is 10.8. The van der Waals surface area contributed by atoms with Crippen molar-refractivity contribution in [1.82, 2.24) is 0 Å². The van der Waals surface area contributed by atoms with Crippen LogP contribution >= 0.6 is 11.3 Å². The number of carbonyl (C=O) groups excluding carboxylic acids is 1. The van der Waals surface area contributed by atoms with Crippen molar-refractivity contribution in [3.05, 3.63) is 11.4 Å². The van der Waals surface area contributed by atoms with E-state index in [9.17, 15) is 9.90 Å². The second kappa shape index (κ2) is 3.88. The number of hydrogen-bond acceptors (Lipinski definition) is 4. The van der Waals surface area contributed by atoms with Gasteiger partial charge in [-0.05, 0) is 32.2 Å². The molecule has 0 fully saturated rings. The molecule has 78 valence electrons. The Balaban J connectivity index is 2.54. The van der Waals surface area contributed by atoms with E-state index >= 15 is 0 Å². The zero-order valence-electron chi connectivity index (χ0n) is 8.33. The number of carbonyl (C=O) groups is 1. The minimum atomic E-state index is -0.560. The van der Waals surface area contributed by atoms with Gasteiger partial charge in [0.15, 0.2) is 0 Å². The van der Waals surface area contributed by atoms with Crippen LogP contribution in [0.2, 0.25) is 0 Å². The van der Waals surface area contributed by atoms with E-state index in [1.54, 1.807) is 26.2 Å². The maximum absolute atomic E-state index is 11.2. The molecule has 4 nitrogen and oxygen atoms in total. The van der Waals surface area contributed by atoms with E-state index in [0.29, 0.717) is 5.00 Å². The van der Waals surface area contributed by atoms with Crippen molar-refractivity contribution < 1.29 is 14.6 Å². The zero-order valence-corrected chi connectivity index (χ0v) is 9.14. The van der Waals surface area contributed by atoms with E-state index in [1.165, 1.54) is 17.4 Å². The van der Waals surface area contributed by atoms with Gasteiger partial charge in [0.1, 0.15) is 16.4 Å². The summed E-state index contributed by atoms with van der Waals surface area (Å²) in [7, 11) is 0. The van der Waals surface area contributed by atoms with E-state index in [-0.39, 0.29) is 5.75 Å². The lowest BCUT2D eigenvalue weighted by Gasteiger charge is -2.19. The Bertz CT molecular complexity index is 327.